The minimum Gasteiger partial charge on any atom is -0.372 e. The van der Waals surface area contributed by atoms with Gasteiger partial charge in [-0.25, -0.2) is 9.37 Å². The molecule has 0 radical (unpaired) electrons. The molecule has 0 N–H and O–H groups in total. The van der Waals surface area contributed by atoms with Crippen LogP contribution in [0.25, 0.3) is 23.0 Å². The van der Waals surface area contributed by atoms with Gasteiger partial charge in [-0.3, -0.25) is 0 Å². The molecule has 25 heavy (non-hydrogen) atoms. The minimum absolute atomic E-state index is 0.266. The number of aromatic nitrogens is 3. The van der Waals surface area contributed by atoms with E-state index in [-0.39, 0.29) is 11.7 Å². The van der Waals surface area contributed by atoms with Crippen LogP contribution in [0.2, 0.25) is 0 Å². The Bertz CT molecular complexity index is 910. The van der Waals surface area contributed by atoms with Gasteiger partial charge in [0.15, 0.2) is 0 Å². The summed E-state index contributed by atoms with van der Waals surface area (Å²) in [6.07, 6.45) is 1.10. The highest BCUT2D eigenvalue weighted by Gasteiger charge is 2.14. The number of rotatable bonds is 5. The fourth-order valence-electron chi connectivity index (χ4n) is 2.52. The lowest BCUT2D eigenvalue weighted by atomic mass is 10.1. The Morgan fingerprint density at radius 1 is 1.20 bits per heavy atom. The Hall–Kier alpha value is -3.27. The maximum Gasteiger partial charge on any atom is 0.258 e. The van der Waals surface area contributed by atoms with E-state index in [4.69, 9.17) is 4.52 Å². The first-order chi connectivity index (χ1) is 12.1. The Balaban J connectivity index is 2.00. The summed E-state index contributed by atoms with van der Waals surface area (Å²) in [5.74, 6) is 0.117. The normalized spacial score (nSPS) is 10.5. The van der Waals surface area contributed by atoms with E-state index < -0.39 is 5.82 Å². The summed E-state index contributed by atoms with van der Waals surface area (Å²) in [7, 11) is 0. The van der Waals surface area contributed by atoms with Gasteiger partial charge in [0.25, 0.3) is 5.89 Å². The van der Waals surface area contributed by atoms with E-state index in [1.807, 2.05) is 26.0 Å². The lowest BCUT2D eigenvalue weighted by molar-refractivity contribution is 0.432. The third-order valence-electron chi connectivity index (χ3n) is 3.80. The van der Waals surface area contributed by atoms with Crippen molar-refractivity contribution < 1.29 is 8.91 Å². The average molecular weight is 337 g/mol. The number of nitriles is 1. The first-order valence-corrected chi connectivity index (χ1v) is 7.90. The van der Waals surface area contributed by atoms with Gasteiger partial charge in [-0.1, -0.05) is 5.16 Å². The van der Waals surface area contributed by atoms with Gasteiger partial charge in [-0.05, 0) is 44.2 Å². The van der Waals surface area contributed by atoms with Crippen LogP contribution in [-0.4, -0.2) is 28.2 Å². The molecule has 126 valence electrons. The van der Waals surface area contributed by atoms with Crippen molar-refractivity contribution in [2.24, 2.45) is 0 Å². The third kappa shape index (κ3) is 3.48. The molecule has 0 unspecified atom stereocenters. The smallest absolute Gasteiger partial charge is 0.258 e. The minimum atomic E-state index is -0.432. The summed E-state index contributed by atoms with van der Waals surface area (Å²) in [4.78, 5) is 10.4. The molecule has 0 spiro atoms. The molecule has 0 saturated carbocycles. The predicted octanol–water partition coefficient (Wildman–Crippen LogP) is 3.66. The van der Waals surface area contributed by atoms with Crippen molar-refractivity contribution in [2.75, 3.05) is 18.0 Å². The summed E-state index contributed by atoms with van der Waals surface area (Å²) in [6, 6.07) is 10.4. The van der Waals surface area contributed by atoms with E-state index >= 15 is 0 Å². The standard InChI is InChI=1S/C18H16FN5O/c1-3-24(4-2)15-8-12(10-20)7-13(9-15)18-22-17(23-25-18)16-6-5-14(19)11-21-16/h5-9,11H,3-4H2,1-2H3. The van der Waals surface area contributed by atoms with Crippen LogP contribution >= 0.6 is 0 Å². The first kappa shape index (κ1) is 16.6. The Morgan fingerprint density at radius 2 is 2.00 bits per heavy atom. The highest BCUT2D eigenvalue weighted by atomic mass is 19.1. The van der Waals surface area contributed by atoms with Crippen molar-refractivity contribution in [2.45, 2.75) is 13.8 Å². The molecule has 6 nitrogen and oxygen atoms in total. The fourth-order valence-corrected chi connectivity index (χ4v) is 2.52. The number of halogens is 1. The molecular weight excluding hydrogens is 321 g/mol. The maximum atomic E-state index is 13.0. The number of hydrogen-bond acceptors (Lipinski definition) is 6. The summed E-state index contributed by atoms with van der Waals surface area (Å²) in [5.41, 5.74) is 2.50. The SMILES string of the molecule is CCN(CC)c1cc(C#N)cc(-c2nc(-c3ccc(F)cn3)no2)c1. The Labute approximate surface area is 144 Å². The van der Waals surface area contributed by atoms with Crippen LogP contribution < -0.4 is 4.90 Å². The van der Waals surface area contributed by atoms with Gasteiger partial charge >= 0.3 is 0 Å². The quantitative estimate of drug-likeness (QED) is 0.707. The number of nitrogens with zero attached hydrogens (tertiary/aromatic N) is 5. The van der Waals surface area contributed by atoms with Crippen molar-refractivity contribution in [1.82, 2.24) is 15.1 Å². The third-order valence-corrected chi connectivity index (χ3v) is 3.80. The molecule has 0 aliphatic rings. The van der Waals surface area contributed by atoms with Crippen molar-refractivity contribution in [3.05, 3.63) is 47.9 Å². The summed E-state index contributed by atoms with van der Waals surface area (Å²) < 4.78 is 18.3. The molecule has 0 atom stereocenters. The Morgan fingerprint density at radius 3 is 2.64 bits per heavy atom. The van der Waals surface area contributed by atoms with Crippen LogP contribution in [0.4, 0.5) is 10.1 Å². The van der Waals surface area contributed by atoms with E-state index in [1.54, 1.807) is 6.07 Å². The maximum absolute atomic E-state index is 13.0. The largest absolute Gasteiger partial charge is 0.372 e. The summed E-state index contributed by atoms with van der Waals surface area (Å²) in [5, 5.41) is 13.2. The molecule has 0 saturated heterocycles. The van der Waals surface area contributed by atoms with Gasteiger partial charge in [-0.2, -0.15) is 10.2 Å². The van der Waals surface area contributed by atoms with Crippen molar-refractivity contribution >= 4 is 5.69 Å². The number of pyridine rings is 1. The van der Waals surface area contributed by atoms with Crippen molar-refractivity contribution in [3.63, 3.8) is 0 Å². The van der Waals surface area contributed by atoms with Gasteiger partial charge in [0.2, 0.25) is 5.82 Å². The molecule has 2 aromatic heterocycles. The topological polar surface area (TPSA) is 78.8 Å². The van der Waals surface area contributed by atoms with E-state index in [0.29, 0.717) is 16.8 Å². The van der Waals surface area contributed by atoms with Crippen LogP contribution in [0.15, 0.2) is 41.1 Å². The zero-order valence-electron chi connectivity index (χ0n) is 13.9. The lowest BCUT2D eigenvalue weighted by Crippen LogP contribution is -2.21. The molecule has 2 heterocycles. The second-order valence-electron chi connectivity index (χ2n) is 5.34. The van der Waals surface area contributed by atoms with E-state index in [2.05, 4.69) is 26.1 Å². The lowest BCUT2D eigenvalue weighted by Gasteiger charge is -2.21. The molecule has 0 fully saturated rings. The van der Waals surface area contributed by atoms with Crippen LogP contribution in [0, 0.1) is 17.1 Å². The molecular formula is C18H16FN5O. The first-order valence-electron chi connectivity index (χ1n) is 7.90. The zero-order chi connectivity index (χ0) is 17.8. The van der Waals surface area contributed by atoms with Crippen molar-refractivity contribution in [1.29, 1.82) is 5.26 Å². The van der Waals surface area contributed by atoms with E-state index in [1.165, 1.54) is 12.1 Å². The molecule has 3 aromatic rings. The molecule has 0 amide bonds. The van der Waals surface area contributed by atoms with E-state index in [9.17, 15) is 9.65 Å². The van der Waals surface area contributed by atoms with Gasteiger partial charge in [0.1, 0.15) is 11.5 Å². The number of benzene rings is 1. The average Bonchev–Trinajstić information content (AvgIpc) is 3.13. The van der Waals surface area contributed by atoms with Crippen LogP contribution in [0.1, 0.15) is 19.4 Å². The van der Waals surface area contributed by atoms with Crippen LogP contribution in [-0.2, 0) is 0 Å². The second-order valence-corrected chi connectivity index (χ2v) is 5.34. The van der Waals surface area contributed by atoms with Gasteiger partial charge < -0.3 is 9.42 Å². The number of anilines is 1. The van der Waals surface area contributed by atoms with Gasteiger partial charge in [0, 0.05) is 24.3 Å². The fraction of sp³-hybridized carbons (Fsp3) is 0.222. The van der Waals surface area contributed by atoms with E-state index in [0.717, 1.165) is 25.0 Å². The molecule has 0 aliphatic carbocycles. The molecule has 7 heteroatoms. The molecule has 1 aromatic carbocycles. The van der Waals surface area contributed by atoms with Crippen molar-refractivity contribution in [3.8, 4) is 29.0 Å². The van der Waals surface area contributed by atoms with Gasteiger partial charge in [0.05, 0.1) is 17.8 Å². The predicted molar refractivity (Wildman–Crippen MR) is 91.2 cm³/mol. The summed E-state index contributed by atoms with van der Waals surface area (Å²) in [6.45, 7) is 5.74. The second kappa shape index (κ2) is 7.09. The highest BCUT2D eigenvalue weighted by Crippen LogP contribution is 2.27. The molecule has 3 rings (SSSR count). The molecule has 0 aliphatic heterocycles. The van der Waals surface area contributed by atoms with Crippen LogP contribution in [0.5, 0.6) is 0 Å². The zero-order valence-corrected chi connectivity index (χ0v) is 13.9. The molecule has 0 bridgehead atoms. The highest BCUT2D eigenvalue weighted by molar-refractivity contribution is 5.67. The monoisotopic (exact) mass is 337 g/mol. The summed E-state index contributed by atoms with van der Waals surface area (Å²) >= 11 is 0. The van der Waals surface area contributed by atoms with Gasteiger partial charge in [-0.15, -0.1) is 0 Å². The van der Waals surface area contributed by atoms with Crippen LogP contribution in [0.3, 0.4) is 0 Å². The Kier molecular flexibility index (Phi) is 4.70. The number of hydrogen-bond donors (Lipinski definition) is 0.